The summed E-state index contributed by atoms with van der Waals surface area (Å²) in [7, 11) is 0. The van der Waals surface area contributed by atoms with Crippen LogP contribution in [0, 0.1) is 0 Å². The first kappa shape index (κ1) is 149. The molecule has 0 unspecified atom stereocenters. The van der Waals surface area contributed by atoms with E-state index in [4.69, 9.17) is 0 Å². The average Bonchev–Trinajstić information content (AvgIpc) is 0. The molecule has 0 aromatic heterocycles. The molecule has 0 rings (SSSR count). The van der Waals surface area contributed by atoms with Crippen molar-refractivity contribution in [3.63, 3.8) is 0 Å². The fourth-order valence-electron chi connectivity index (χ4n) is 0. The van der Waals surface area contributed by atoms with Gasteiger partial charge in [-0.05, 0) is 0 Å². The topological polar surface area (TPSA) is 158 Å². The fourth-order valence-corrected chi connectivity index (χ4v) is 0. The predicted molar refractivity (Wildman–Crippen MR) is 18.1 cm³/mol. The van der Waals surface area contributed by atoms with Crippen molar-refractivity contribution in [3.8, 4) is 0 Å². The Morgan fingerprint density at radius 1 is 0.333 bits per heavy atom. The molecule has 6 heavy (non-hydrogen) atoms. The van der Waals surface area contributed by atoms with Gasteiger partial charge >= 0.3 is 51.4 Å². The molecule has 0 aliphatic carbocycles. The van der Waals surface area contributed by atoms with E-state index in [-0.39, 0.29) is 78.8 Å². The molecule has 0 aromatic rings. The molecule has 0 fully saturated rings. The van der Waals surface area contributed by atoms with Gasteiger partial charge < -0.3 is 27.4 Å². The predicted octanol–water partition coefficient (Wildman–Crippen LogP) is -7.12. The van der Waals surface area contributed by atoms with Gasteiger partial charge in [0.05, 0.1) is 0 Å². The molecule has 10 N–H and O–H groups in total. The molecule has 0 aromatic carbocycles. The molecular formula is H10KO5+. The monoisotopic (exact) mass is 129 g/mol. The molecule has 5 nitrogen and oxygen atoms in total. The number of hydrogen-bond acceptors (Lipinski definition) is 0. The molecule has 0 amide bonds. The molecular weight excluding hydrogens is 119 g/mol. The minimum absolute atomic E-state index is 0. The van der Waals surface area contributed by atoms with Crippen molar-refractivity contribution in [2.45, 2.75) is 0 Å². The van der Waals surface area contributed by atoms with E-state index in [0.29, 0.717) is 0 Å². The summed E-state index contributed by atoms with van der Waals surface area (Å²) in [5, 5.41) is 0. The van der Waals surface area contributed by atoms with E-state index in [1.54, 1.807) is 0 Å². The van der Waals surface area contributed by atoms with Gasteiger partial charge in [0.15, 0.2) is 0 Å². The van der Waals surface area contributed by atoms with Crippen molar-refractivity contribution in [2.75, 3.05) is 0 Å². The van der Waals surface area contributed by atoms with Crippen LogP contribution in [0.3, 0.4) is 0 Å². The van der Waals surface area contributed by atoms with Gasteiger partial charge in [-0.2, -0.15) is 0 Å². The molecule has 0 saturated heterocycles. The maximum absolute atomic E-state index is 0. The maximum Gasteiger partial charge on any atom is 1.00 e. The number of hydrogen-bond donors (Lipinski definition) is 0. The van der Waals surface area contributed by atoms with Crippen molar-refractivity contribution in [1.82, 2.24) is 0 Å². The zero-order valence-corrected chi connectivity index (χ0v) is 6.62. The second-order valence-corrected chi connectivity index (χ2v) is 0. The molecule has 0 radical (unpaired) electrons. The van der Waals surface area contributed by atoms with Crippen LogP contribution in [-0.4, -0.2) is 27.4 Å². The summed E-state index contributed by atoms with van der Waals surface area (Å²) < 4.78 is 0. The second-order valence-electron chi connectivity index (χ2n) is 0. The Morgan fingerprint density at radius 2 is 0.333 bits per heavy atom. The van der Waals surface area contributed by atoms with Crippen LogP contribution < -0.4 is 51.4 Å². The Morgan fingerprint density at radius 3 is 0.333 bits per heavy atom. The van der Waals surface area contributed by atoms with E-state index >= 15 is 0 Å². The van der Waals surface area contributed by atoms with Crippen molar-refractivity contribution >= 4 is 0 Å². The van der Waals surface area contributed by atoms with Crippen LogP contribution in [0.2, 0.25) is 0 Å². The molecule has 0 saturated carbocycles. The Hall–Kier alpha value is 1.44. The molecule has 40 valence electrons. The second kappa shape index (κ2) is 92.2. The van der Waals surface area contributed by atoms with E-state index in [9.17, 15) is 0 Å². The molecule has 0 spiro atoms. The first-order valence-corrected chi connectivity index (χ1v) is 0. The van der Waals surface area contributed by atoms with Crippen LogP contribution in [0.25, 0.3) is 0 Å². The summed E-state index contributed by atoms with van der Waals surface area (Å²) in [5.74, 6) is 0. The van der Waals surface area contributed by atoms with Gasteiger partial charge in [0.1, 0.15) is 0 Å². The van der Waals surface area contributed by atoms with Gasteiger partial charge in [-0.1, -0.05) is 0 Å². The summed E-state index contributed by atoms with van der Waals surface area (Å²) in [6, 6.07) is 0. The van der Waals surface area contributed by atoms with Crippen LogP contribution in [0.4, 0.5) is 0 Å². The van der Waals surface area contributed by atoms with Crippen molar-refractivity contribution in [1.29, 1.82) is 0 Å². The standard InChI is InChI=1S/K.5H2O/h;5*1H2/q+1;;;;;. The third-order valence-electron chi connectivity index (χ3n) is 0. The summed E-state index contributed by atoms with van der Waals surface area (Å²) in [5.41, 5.74) is 0. The third-order valence-corrected chi connectivity index (χ3v) is 0. The SMILES string of the molecule is O.O.O.O.O.[K+]. The Balaban J connectivity index is 0. The van der Waals surface area contributed by atoms with Crippen molar-refractivity contribution < 1.29 is 78.8 Å². The minimum Gasteiger partial charge on any atom is -0.412 e. The molecule has 0 aliphatic heterocycles. The van der Waals surface area contributed by atoms with Crippen LogP contribution in [0.5, 0.6) is 0 Å². The van der Waals surface area contributed by atoms with Gasteiger partial charge in [-0.25, -0.2) is 0 Å². The Kier molecular flexibility index (Phi) is 2290. The zero-order valence-electron chi connectivity index (χ0n) is 3.50. The van der Waals surface area contributed by atoms with E-state index in [1.165, 1.54) is 0 Å². The van der Waals surface area contributed by atoms with Gasteiger partial charge in [0.25, 0.3) is 0 Å². The molecule has 0 atom stereocenters. The largest absolute Gasteiger partial charge is 1.00 e. The van der Waals surface area contributed by atoms with Crippen LogP contribution >= 0.6 is 0 Å². The van der Waals surface area contributed by atoms with Crippen LogP contribution in [0.1, 0.15) is 0 Å². The van der Waals surface area contributed by atoms with E-state index in [1.807, 2.05) is 0 Å². The van der Waals surface area contributed by atoms with Crippen LogP contribution in [0.15, 0.2) is 0 Å². The van der Waals surface area contributed by atoms with E-state index in [0.717, 1.165) is 0 Å². The van der Waals surface area contributed by atoms with Gasteiger partial charge in [0.2, 0.25) is 0 Å². The zero-order chi connectivity index (χ0) is 0. The van der Waals surface area contributed by atoms with E-state index < -0.39 is 0 Å². The minimum atomic E-state index is 0. The summed E-state index contributed by atoms with van der Waals surface area (Å²) in [4.78, 5) is 0. The van der Waals surface area contributed by atoms with E-state index in [2.05, 4.69) is 0 Å². The van der Waals surface area contributed by atoms with Crippen LogP contribution in [-0.2, 0) is 0 Å². The van der Waals surface area contributed by atoms with Gasteiger partial charge in [-0.15, -0.1) is 0 Å². The Bertz CT molecular complexity index is 3.90. The summed E-state index contributed by atoms with van der Waals surface area (Å²) in [6.07, 6.45) is 0. The fraction of sp³-hybridized carbons (Fsp3) is 0. The van der Waals surface area contributed by atoms with Crippen molar-refractivity contribution in [2.24, 2.45) is 0 Å². The third kappa shape index (κ3) is 51.9. The quantitative estimate of drug-likeness (QED) is 0.285. The van der Waals surface area contributed by atoms with Gasteiger partial charge in [-0.3, -0.25) is 0 Å². The van der Waals surface area contributed by atoms with Gasteiger partial charge in [0, 0.05) is 0 Å². The Labute approximate surface area is 77.7 Å². The summed E-state index contributed by atoms with van der Waals surface area (Å²) >= 11 is 0. The molecule has 0 aliphatic rings. The normalized spacial score (nSPS) is 0. The number of rotatable bonds is 0. The molecule has 0 bridgehead atoms. The maximum atomic E-state index is 0. The first-order valence-electron chi connectivity index (χ1n) is 0. The molecule has 0 heterocycles. The first-order chi connectivity index (χ1) is 0. The smallest absolute Gasteiger partial charge is 0.412 e. The average molecular weight is 129 g/mol. The van der Waals surface area contributed by atoms with Crippen molar-refractivity contribution in [3.05, 3.63) is 0 Å². The summed E-state index contributed by atoms with van der Waals surface area (Å²) in [6.45, 7) is 0. The molecule has 6 heteroatoms.